The highest BCUT2D eigenvalue weighted by molar-refractivity contribution is 6.34. The van der Waals surface area contributed by atoms with Crippen LogP contribution in [0.5, 0.6) is 0 Å². The summed E-state index contributed by atoms with van der Waals surface area (Å²) in [6.07, 6.45) is 9.00. The number of hydrogen-bond acceptors (Lipinski definition) is 5. The van der Waals surface area contributed by atoms with Crippen LogP contribution >= 0.6 is 11.6 Å². The van der Waals surface area contributed by atoms with E-state index >= 15 is 0 Å². The highest BCUT2D eigenvalue weighted by atomic mass is 35.5. The van der Waals surface area contributed by atoms with Gasteiger partial charge in [-0.25, -0.2) is 4.98 Å². The Bertz CT molecular complexity index is 1240. The molecule has 2 aromatic heterocycles. The Hall–Kier alpha value is -2.93. The van der Waals surface area contributed by atoms with Crippen LogP contribution < -0.4 is 10.6 Å². The van der Waals surface area contributed by atoms with Crippen LogP contribution in [0.15, 0.2) is 41.3 Å². The van der Waals surface area contributed by atoms with Crippen molar-refractivity contribution < 1.29 is 9.21 Å². The Kier molecular flexibility index (Phi) is 5.40. The summed E-state index contributed by atoms with van der Waals surface area (Å²) in [5.74, 6) is 1.72. The first kappa shape index (κ1) is 21.9. The summed E-state index contributed by atoms with van der Waals surface area (Å²) in [5, 5.41) is 8.34. The van der Waals surface area contributed by atoms with Crippen molar-refractivity contribution in [2.75, 3.05) is 5.32 Å². The maximum absolute atomic E-state index is 13.6. The van der Waals surface area contributed by atoms with E-state index in [2.05, 4.69) is 22.2 Å². The first-order chi connectivity index (χ1) is 15.8. The van der Waals surface area contributed by atoms with E-state index in [1.54, 1.807) is 11.1 Å². The van der Waals surface area contributed by atoms with Gasteiger partial charge in [0.25, 0.3) is 5.91 Å². The molecule has 1 saturated carbocycles. The number of furan rings is 1. The number of aromatic nitrogens is 2. The Labute approximate surface area is 198 Å². The molecule has 7 nitrogen and oxygen atoms in total. The molecule has 5 rings (SSSR count). The highest BCUT2D eigenvalue weighted by Gasteiger charge is 2.42. The van der Waals surface area contributed by atoms with Gasteiger partial charge in [-0.1, -0.05) is 37.4 Å². The Morgan fingerprint density at radius 2 is 2.09 bits per heavy atom. The number of benzene rings is 1. The third-order valence-corrected chi connectivity index (χ3v) is 7.24. The second-order valence-corrected chi connectivity index (χ2v) is 9.90. The fraction of sp³-hybridized carbons (Fsp3) is 0.440. The number of nitrogens with zero attached hydrogens (tertiary/aromatic N) is 3. The molecule has 0 unspecified atom stereocenters. The normalized spacial score (nSPS) is 17.2. The second kappa shape index (κ2) is 8.13. The summed E-state index contributed by atoms with van der Waals surface area (Å²) in [4.78, 5) is 19.8. The number of anilines is 1. The highest BCUT2D eigenvalue weighted by Crippen LogP contribution is 2.49. The summed E-state index contributed by atoms with van der Waals surface area (Å²) in [7, 11) is 1.93. The quantitative estimate of drug-likeness (QED) is 0.528. The molecule has 8 heteroatoms. The van der Waals surface area contributed by atoms with Gasteiger partial charge in [-0.3, -0.25) is 4.79 Å². The number of carbonyl (C=O) groups is 1. The molecule has 3 heterocycles. The van der Waals surface area contributed by atoms with Crippen LogP contribution in [0.1, 0.15) is 67.9 Å². The van der Waals surface area contributed by atoms with Gasteiger partial charge in [-0.15, -0.1) is 0 Å². The Morgan fingerprint density at radius 3 is 2.76 bits per heavy atom. The minimum Gasteiger partial charge on any atom is -0.450 e. The van der Waals surface area contributed by atoms with Gasteiger partial charge >= 0.3 is 0 Å². The first-order valence-corrected chi connectivity index (χ1v) is 11.9. The van der Waals surface area contributed by atoms with Crippen LogP contribution in [-0.4, -0.2) is 26.4 Å². The lowest BCUT2D eigenvalue weighted by Gasteiger charge is -2.44. The molecule has 1 fully saturated rings. The number of halogens is 1. The summed E-state index contributed by atoms with van der Waals surface area (Å²) in [6, 6.07) is 3.67. The van der Waals surface area contributed by atoms with E-state index in [1.165, 1.54) is 6.42 Å². The SMILES string of the molecule is C=C1Nc2c(Cl)cc3cc(C(=O)N(Cc4nccn4C)C(C)C)oc3c2C2(CCCCC2)N1. The van der Waals surface area contributed by atoms with Gasteiger partial charge in [0, 0.05) is 36.4 Å². The Morgan fingerprint density at radius 1 is 1.33 bits per heavy atom. The van der Waals surface area contributed by atoms with Crippen LogP contribution in [-0.2, 0) is 19.1 Å². The molecule has 0 saturated heterocycles. The summed E-state index contributed by atoms with van der Waals surface area (Å²) in [6.45, 7) is 8.53. The fourth-order valence-electron chi connectivity index (χ4n) is 5.23. The zero-order valence-corrected chi connectivity index (χ0v) is 20.1. The minimum atomic E-state index is -0.290. The van der Waals surface area contributed by atoms with E-state index in [0.29, 0.717) is 22.9 Å². The Balaban J connectivity index is 1.60. The van der Waals surface area contributed by atoms with E-state index in [9.17, 15) is 4.79 Å². The number of aryl methyl sites for hydroxylation is 1. The number of amides is 1. The molecular formula is C25H30ClN5O2. The molecule has 1 aliphatic carbocycles. The zero-order chi connectivity index (χ0) is 23.3. The van der Waals surface area contributed by atoms with E-state index in [4.69, 9.17) is 16.0 Å². The molecule has 2 aliphatic rings. The molecular weight excluding hydrogens is 438 g/mol. The van der Waals surface area contributed by atoms with Gasteiger partial charge in [-0.2, -0.15) is 0 Å². The topological polar surface area (TPSA) is 75.3 Å². The predicted molar refractivity (Wildman–Crippen MR) is 130 cm³/mol. The number of fused-ring (bicyclic) bond motifs is 4. The lowest BCUT2D eigenvalue weighted by Crippen LogP contribution is -2.48. The molecule has 1 amide bonds. The monoisotopic (exact) mass is 467 g/mol. The van der Waals surface area contributed by atoms with E-state index < -0.39 is 0 Å². The molecule has 3 aromatic rings. The van der Waals surface area contributed by atoms with Crippen molar-refractivity contribution in [3.8, 4) is 0 Å². The van der Waals surface area contributed by atoms with Crippen molar-refractivity contribution in [3.63, 3.8) is 0 Å². The number of hydrogen-bond donors (Lipinski definition) is 2. The van der Waals surface area contributed by atoms with Crippen molar-refractivity contribution in [3.05, 3.63) is 59.1 Å². The van der Waals surface area contributed by atoms with Crippen molar-refractivity contribution in [1.82, 2.24) is 19.8 Å². The number of rotatable bonds is 4. The summed E-state index contributed by atoms with van der Waals surface area (Å²) >= 11 is 6.72. The third kappa shape index (κ3) is 3.68. The molecule has 2 N–H and O–H groups in total. The summed E-state index contributed by atoms with van der Waals surface area (Å²) < 4.78 is 8.26. The van der Waals surface area contributed by atoms with Crippen molar-refractivity contribution >= 4 is 34.2 Å². The maximum atomic E-state index is 13.6. The standard InChI is InChI=1S/C25H30ClN5O2/c1-15(2)31(14-20-27-10-11-30(20)4)24(32)19-13-17-12-18(26)22-21(23(17)33-19)25(29-16(3)28-22)8-6-5-7-9-25/h10-13,15,28-29H,3,5-9,14H2,1-2,4H3. The van der Waals surface area contributed by atoms with Crippen molar-refractivity contribution in [1.29, 1.82) is 0 Å². The van der Waals surface area contributed by atoms with E-state index in [-0.39, 0.29) is 17.5 Å². The van der Waals surface area contributed by atoms with Crippen LogP contribution in [0.3, 0.4) is 0 Å². The summed E-state index contributed by atoms with van der Waals surface area (Å²) in [5.41, 5.74) is 2.27. The van der Waals surface area contributed by atoms with Crippen LogP contribution in [0.2, 0.25) is 5.02 Å². The van der Waals surface area contributed by atoms with E-state index in [0.717, 1.165) is 54.0 Å². The maximum Gasteiger partial charge on any atom is 0.290 e. The molecule has 1 aliphatic heterocycles. The third-order valence-electron chi connectivity index (χ3n) is 6.94. The first-order valence-electron chi connectivity index (χ1n) is 11.6. The van der Waals surface area contributed by atoms with Gasteiger partial charge < -0.3 is 24.5 Å². The number of nitrogens with one attached hydrogen (secondary N) is 2. The second-order valence-electron chi connectivity index (χ2n) is 9.49. The lowest BCUT2D eigenvalue weighted by atomic mass is 9.74. The van der Waals surface area contributed by atoms with Gasteiger partial charge in [-0.05, 0) is 38.8 Å². The molecule has 0 atom stereocenters. The average molecular weight is 468 g/mol. The van der Waals surface area contributed by atoms with Gasteiger partial charge in [0.05, 0.1) is 28.6 Å². The van der Waals surface area contributed by atoms with Crippen molar-refractivity contribution in [2.45, 2.75) is 64.1 Å². The van der Waals surface area contributed by atoms with E-state index in [1.807, 2.05) is 43.8 Å². The van der Waals surface area contributed by atoms with Crippen LogP contribution in [0, 0.1) is 0 Å². The van der Waals surface area contributed by atoms with Crippen LogP contribution in [0.4, 0.5) is 5.69 Å². The molecule has 1 spiro atoms. The minimum absolute atomic E-state index is 0.0174. The van der Waals surface area contributed by atoms with Gasteiger partial charge in [0.15, 0.2) is 5.76 Å². The molecule has 0 radical (unpaired) electrons. The molecule has 0 bridgehead atoms. The predicted octanol–water partition coefficient (Wildman–Crippen LogP) is 5.52. The van der Waals surface area contributed by atoms with Gasteiger partial charge in [0.2, 0.25) is 0 Å². The largest absolute Gasteiger partial charge is 0.450 e. The van der Waals surface area contributed by atoms with Crippen molar-refractivity contribution in [2.24, 2.45) is 7.05 Å². The van der Waals surface area contributed by atoms with Gasteiger partial charge in [0.1, 0.15) is 11.4 Å². The zero-order valence-electron chi connectivity index (χ0n) is 19.4. The number of imidazole rings is 1. The van der Waals surface area contributed by atoms with Crippen LogP contribution in [0.25, 0.3) is 11.0 Å². The fourth-order valence-corrected chi connectivity index (χ4v) is 5.49. The average Bonchev–Trinajstić information content (AvgIpc) is 3.37. The molecule has 1 aromatic carbocycles. The smallest absolute Gasteiger partial charge is 0.290 e. The molecule has 33 heavy (non-hydrogen) atoms. The lowest BCUT2D eigenvalue weighted by molar-refractivity contribution is 0.0652. The molecule has 174 valence electrons. The number of carbonyl (C=O) groups excluding carboxylic acids is 1.